The summed E-state index contributed by atoms with van der Waals surface area (Å²) in [5.41, 5.74) is 19.5. The smallest absolute Gasteiger partial charge is 0.164 e. The van der Waals surface area contributed by atoms with Crippen molar-refractivity contribution in [1.29, 1.82) is 0 Å². The van der Waals surface area contributed by atoms with Gasteiger partial charge >= 0.3 is 0 Å². The van der Waals surface area contributed by atoms with Crippen molar-refractivity contribution >= 4 is 16.6 Å². The van der Waals surface area contributed by atoms with Gasteiger partial charge in [0.1, 0.15) is 0 Å². The molecule has 10 aromatic rings. The van der Waals surface area contributed by atoms with Crippen LogP contribution in [0.4, 0.5) is 5.69 Å². The Bertz CT molecular complexity index is 3110. The van der Waals surface area contributed by atoms with Crippen LogP contribution in [0.3, 0.4) is 0 Å². The zero-order chi connectivity index (χ0) is 39.5. The summed E-state index contributed by atoms with van der Waals surface area (Å²) < 4.78 is 0. The van der Waals surface area contributed by atoms with Gasteiger partial charge in [0.25, 0.3) is 0 Å². The Morgan fingerprint density at radius 1 is 0.271 bits per heavy atom. The van der Waals surface area contributed by atoms with Crippen molar-refractivity contribution in [3.05, 3.63) is 206 Å². The fourth-order valence-corrected chi connectivity index (χ4v) is 7.61. The van der Waals surface area contributed by atoms with Gasteiger partial charge in [-0.1, -0.05) is 176 Å². The first-order valence-corrected chi connectivity index (χ1v) is 19.5. The highest BCUT2D eigenvalue weighted by Crippen LogP contribution is 2.41. The molecular weight excluding hydrogens is 721 g/mol. The second-order valence-electron chi connectivity index (χ2n) is 14.3. The van der Waals surface area contributed by atoms with E-state index in [0.29, 0.717) is 29.0 Å². The van der Waals surface area contributed by atoms with E-state index in [9.17, 15) is 0 Å². The molecule has 6 nitrogen and oxygen atoms in total. The molecule has 59 heavy (non-hydrogen) atoms. The molecule has 0 fully saturated rings. The van der Waals surface area contributed by atoms with Gasteiger partial charge in [0.15, 0.2) is 23.3 Å². The van der Waals surface area contributed by atoms with E-state index in [0.717, 1.165) is 77.8 Å². The highest BCUT2D eigenvalue weighted by molar-refractivity contribution is 5.96. The molecule has 0 saturated heterocycles. The Labute approximate surface area is 342 Å². The standard InChI is InChI=1S/C53H36N6/c54-42-25-15-23-39(33-42)38-22-14-24-40(32-38)51-57-50(37-20-8-3-9-21-37)58-52(59-51)41-30-31-44(47(34-41)35-16-4-1-5-17-35)43-26-10-11-27-45(43)53-55-48-29-13-12-28-46(48)49(56-53)36-18-6-2-7-19-36/h1-34H,54H2. The fourth-order valence-electron chi connectivity index (χ4n) is 7.61. The van der Waals surface area contributed by atoms with Crippen LogP contribution in [0.25, 0.3) is 101 Å². The first kappa shape index (κ1) is 35.3. The third kappa shape index (κ3) is 7.11. The topological polar surface area (TPSA) is 90.5 Å². The highest BCUT2D eigenvalue weighted by atomic mass is 15.0. The fraction of sp³-hybridized carbons (Fsp3) is 0. The summed E-state index contributed by atoms with van der Waals surface area (Å²) >= 11 is 0. The predicted octanol–water partition coefficient (Wildman–Crippen LogP) is 12.7. The van der Waals surface area contributed by atoms with E-state index < -0.39 is 0 Å². The maximum atomic E-state index is 6.16. The number of para-hydroxylation sites is 1. The van der Waals surface area contributed by atoms with Crippen molar-refractivity contribution in [2.45, 2.75) is 0 Å². The molecule has 0 unspecified atom stereocenters. The van der Waals surface area contributed by atoms with Gasteiger partial charge in [-0.15, -0.1) is 0 Å². The van der Waals surface area contributed by atoms with Gasteiger partial charge in [-0.3, -0.25) is 0 Å². The molecule has 0 amide bonds. The van der Waals surface area contributed by atoms with Crippen molar-refractivity contribution < 1.29 is 0 Å². The molecule has 0 spiro atoms. The van der Waals surface area contributed by atoms with Crippen molar-refractivity contribution in [3.8, 4) is 90.2 Å². The monoisotopic (exact) mass is 756 g/mol. The molecule has 10 rings (SSSR count). The number of rotatable bonds is 8. The number of aromatic nitrogens is 5. The van der Waals surface area contributed by atoms with E-state index in [1.54, 1.807) is 0 Å². The first-order chi connectivity index (χ1) is 29.1. The van der Waals surface area contributed by atoms with E-state index >= 15 is 0 Å². The Hall–Kier alpha value is -8.09. The maximum absolute atomic E-state index is 6.16. The lowest BCUT2D eigenvalue weighted by atomic mass is 9.90. The number of fused-ring (bicyclic) bond motifs is 1. The summed E-state index contributed by atoms with van der Waals surface area (Å²) in [6, 6.07) is 70.0. The lowest BCUT2D eigenvalue weighted by Crippen LogP contribution is -2.01. The molecule has 2 N–H and O–H groups in total. The van der Waals surface area contributed by atoms with E-state index in [1.807, 2.05) is 97.1 Å². The molecule has 2 heterocycles. The Morgan fingerprint density at radius 3 is 1.49 bits per heavy atom. The summed E-state index contributed by atoms with van der Waals surface area (Å²) in [6.07, 6.45) is 0. The third-order valence-corrected chi connectivity index (χ3v) is 10.5. The molecular formula is C53H36N6. The van der Waals surface area contributed by atoms with Crippen molar-refractivity contribution in [2.75, 3.05) is 5.73 Å². The lowest BCUT2D eigenvalue weighted by molar-refractivity contribution is 1.07. The molecule has 0 aliphatic heterocycles. The predicted molar refractivity (Wildman–Crippen MR) is 241 cm³/mol. The van der Waals surface area contributed by atoms with E-state index in [2.05, 4.69) is 109 Å². The minimum atomic E-state index is 0.575. The van der Waals surface area contributed by atoms with Gasteiger partial charge in [0.2, 0.25) is 0 Å². The zero-order valence-corrected chi connectivity index (χ0v) is 31.9. The molecule has 278 valence electrons. The number of benzene rings is 8. The van der Waals surface area contributed by atoms with Crippen LogP contribution < -0.4 is 5.73 Å². The number of anilines is 1. The Morgan fingerprint density at radius 2 is 0.780 bits per heavy atom. The number of nitrogens with two attached hydrogens (primary N) is 1. The molecule has 2 aromatic heterocycles. The van der Waals surface area contributed by atoms with Gasteiger partial charge in [-0.25, -0.2) is 24.9 Å². The quantitative estimate of drug-likeness (QED) is 0.155. The number of hydrogen-bond acceptors (Lipinski definition) is 6. The van der Waals surface area contributed by atoms with Crippen molar-refractivity contribution in [3.63, 3.8) is 0 Å². The van der Waals surface area contributed by atoms with Gasteiger partial charge in [0.05, 0.1) is 11.2 Å². The van der Waals surface area contributed by atoms with Gasteiger partial charge in [0, 0.05) is 38.9 Å². The van der Waals surface area contributed by atoms with Crippen LogP contribution in [0.15, 0.2) is 206 Å². The molecule has 0 atom stereocenters. The van der Waals surface area contributed by atoms with Gasteiger partial charge in [-0.2, -0.15) is 0 Å². The van der Waals surface area contributed by atoms with Gasteiger partial charge in [-0.05, 0) is 63.7 Å². The third-order valence-electron chi connectivity index (χ3n) is 10.5. The first-order valence-electron chi connectivity index (χ1n) is 19.5. The molecule has 0 aliphatic rings. The second-order valence-corrected chi connectivity index (χ2v) is 14.3. The minimum Gasteiger partial charge on any atom is -0.399 e. The van der Waals surface area contributed by atoms with E-state index in [-0.39, 0.29) is 0 Å². The lowest BCUT2D eigenvalue weighted by Gasteiger charge is -2.17. The molecule has 0 radical (unpaired) electrons. The van der Waals surface area contributed by atoms with Gasteiger partial charge < -0.3 is 5.73 Å². The molecule has 0 aliphatic carbocycles. The minimum absolute atomic E-state index is 0.575. The zero-order valence-electron chi connectivity index (χ0n) is 31.9. The van der Waals surface area contributed by atoms with E-state index in [4.69, 9.17) is 30.7 Å². The van der Waals surface area contributed by atoms with Crippen LogP contribution in [-0.4, -0.2) is 24.9 Å². The molecule has 0 bridgehead atoms. The number of nitrogen functional groups attached to an aromatic ring is 1. The summed E-state index contributed by atoms with van der Waals surface area (Å²) in [6.45, 7) is 0. The van der Waals surface area contributed by atoms with Crippen LogP contribution in [0.2, 0.25) is 0 Å². The van der Waals surface area contributed by atoms with Crippen LogP contribution >= 0.6 is 0 Å². The van der Waals surface area contributed by atoms with Crippen LogP contribution in [-0.2, 0) is 0 Å². The maximum Gasteiger partial charge on any atom is 0.164 e. The highest BCUT2D eigenvalue weighted by Gasteiger charge is 2.19. The van der Waals surface area contributed by atoms with E-state index in [1.165, 1.54) is 0 Å². The molecule has 8 aromatic carbocycles. The SMILES string of the molecule is Nc1cccc(-c2cccc(-c3nc(-c4ccccc4)nc(-c4ccc(-c5ccccc5-c5nc(-c6ccccc6)c6ccccc6n5)c(-c5ccccc5)c4)n3)c2)c1. The number of hydrogen-bond donors (Lipinski definition) is 1. The Balaban J connectivity index is 1.14. The molecule has 6 heteroatoms. The van der Waals surface area contributed by atoms with Crippen molar-refractivity contribution in [1.82, 2.24) is 24.9 Å². The summed E-state index contributed by atoms with van der Waals surface area (Å²) in [5, 5.41) is 1.01. The van der Waals surface area contributed by atoms with Crippen molar-refractivity contribution in [2.24, 2.45) is 0 Å². The summed E-state index contributed by atoms with van der Waals surface area (Å²) in [5.74, 6) is 2.41. The summed E-state index contributed by atoms with van der Waals surface area (Å²) in [7, 11) is 0. The van der Waals surface area contributed by atoms with Crippen LogP contribution in [0.5, 0.6) is 0 Å². The molecule has 0 saturated carbocycles. The Kier molecular flexibility index (Phi) is 9.25. The average Bonchev–Trinajstić information content (AvgIpc) is 3.32. The largest absolute Gasteiger partial charge is 0.399 e. The average molecular weight is 757 g/mol. The van der Waals surface area contributed by atoms with Crippen LogP contribution in [0, 0.1) is 0 Å². The second kappa shape index (κ2) is 15.4. The number of nitrogens with zero attached hydrogens (tertiary/aromatic N) is 5. The van der Waals surface area contributed by atoms with Crippen LogP contribution in [0.1, 0.15) is 0 Å². The summed E-state index contributed by atoms with van der Waals surface area (Å²) in [4.78, 5) is 25.7. The normalized spacial score (nSPS) is 11.1.